The van der Waals surface area contributed by atoms with Crippen molar-refractivity contribution in [2.45, 2.75) is 0 Å². The summed E-state index contributed by atoms with van der Waals surface area (Å²) in [5.41, 5.74) is 0.582. The summed E-state index contributed by atoms with van der Waals surface area (Å²) in [6, 6.07) is 7.70. The number of nitrogens with zero attached hydrogens (tertiary/aromatic N) is 2. The van der Waals surface area contributed by atoms with E-state index < -0.39 is 10.9 Å². The average molecular weight is 330 g/mol. The lowest BCUT2D eigenvalue weighted by atomic mass is 10.2. The van der Waals surface area contributed by atoms with E-state index in [4.69, 9.17) is 9.47 Å². The number of hydrogen-bond donors (Lipinski definition) is 0. The number of nitro groups is 1. The van der Waals surface area contributed by atoms with Crippen molar-refractivity contribution in [3.05, 3.63) is 58.3 Å². The van der Waals surface area contributed by atoms with Gasteiger partial charge in [0.25, 0.3) is 5.69 Å². The van der Waals surface area contributed by atoms with E-state index in [1.807, 2.05) is 0 Å². The summed E-state index contributed by atoms with van der Waals surface area (Å²) in [5, 5.41) is 10.6. The quantitative estimate of drug-likeness (QED) is 0.347. The highest BCUT2D eigenvalue weighted by Crippen LogP contribution is 2.32. The molecule has 0 unspecified atom stereocenters. The van der Waals surface area contributed by atoms with E-state index in [9.17, 15) is 14.9 Å². The Morgan fingerprint density at radius 3 is 2.58 bits per heavy atom. The van der Waals surface area contributed by atoms with Crippen molar-refractivity contribution >= 4 is 17.7 Å². The standard InChI is InChI=1S/C16H14N2O6/c1-22-14-9-11(4-8-16(19)23-2)3-6-13(14)24-15-7-5-12(10-17-15)18(20)21/h3-10H,1-2H3. The Kier molecular flexibility index (Phi) is 5.45. The summed E-state index contributed by atoms with van der Waals surface area (Å²) in [7, 11) is 2.76. The molecule has 0 spiro atoms. The maximum absolute atomic E-state index is 11.1. The SMILES string of the molecule is COC(=O)C=Cc1ccc(Oc2ccc([N+](=O)[O-])cn2)c(OC)c1. The van der Waals surface area contributed by atoms with Crippen molar-refractivity contribution in [2.24, 2.45) is 0 Å². The van der Waals surface area contributed by atoms with Gasteiger partial charge in [-0.3, -0.25) is 10.1 Å². The highest BCUT2D eigenvalue weighted by Gasteiger charge is 2.10. The number of rotatable bonds is 6. The Bertz CT molecular complexity index is 771. The van der Waals surface area contributed by atoms with Crippen LogP contribution in [0.4, 0.5) is 5.69 Å². The van der Waals surface area contributed by atoms with E-state index in [-0.39, 0.29) is 11.6 Å². The molecule has 0 amide bonds. The van der Waals surface area contributed by atoms with Crippen LogP contribution in [-0.4, -0.2) is 30.1 Å². The fourth-order valence-electron chi connectivity index (χ4n) is 1.76. The van der Waals surface area contributed by atoms with E-state index in [2.05, 4.69) is 9.72 Å². The average Bonchev–Trinajstić information content (AvgIpc) is 2.60. The summed E-state index contributed by atoms with van der Waals surface area (Å²) in [4.78, 5) is 25.0. The fourth-order valence-corrected chi connectivity index (χ4v) is 1.76. The van der Waals surface area contributed by atoms with Crippen molar-refractivity contribution < 1.29 is 23.9 Å². The van der Waals surface area contributed by atoms with Crippen LogP contribution in [-0.2, 0) is 9.53 Å². The van der Waals surface area contributed by atoms with Gasteiger partial charge < -0.3 is 14.2 Å². The molecule has 0 aliphatic heterocycles. The van der Waals surface area contributed by atoms with Crippen molar-refractivity contribution in [2.75, 3.05) is 14.2 Å². The number of carbonyl (C=O) groups is 1. The lowest BCUT2D eigenvalue weighted by Gasteiger charge is -2.10. The molecule has 2 rings (SSSR count). The normalized spacial score (nSPS) is 10.4. The minimum Gasteiger partial charge on any atom is -0.493 e. The molecule has 2 aromatic rings. The molecule has 124 valence electrons. The van der Waals surface area contributed by atoms with Gasteiger partial charge in [0, 0.05) is 18.2 Å². The molecule has 8 nitrogen and oxygen atoms in total. The van der Waals surface area contributed by atoms with Crippen LogP contribution in [0, 0.1) is 10.1 Å². The van der Waals surface area contributed by atoms with Crippen LogP contribution in [0.2, 0.25) is 0 Å². The zero-order valence-electron chi connectivity index (χ0n) is 13.0. The first-order valence-corrected chi connectivity index (χ1v) is 6.76. The highest BCUT2D eigenvalue weighted by atomic mass is 16.6. The van der Waals surface area contributed by atoms with Gasteiger partial charge in [-0.2, -0.15) is 0 Å². The molecule has 1 aromatic carbocycles. The topological polar surface area (TPSA) is 101 Å². The highest BCUT2D eigenvalue weighted by molar-refractivity contribution is 5.87. The Morgan fingerprint density at radius 1 is 1.21 bits per heavy atom. The van der Waals surface area contributed by atoms with Crippen molar-refractivity contribution in [1.82, 2.24) is 4.98 Å². The molecule has 0 aliphatic rings. The first-order valence-electron chi connectivity index (χ1n) is 6.76. The summed E-state index contributed by atoms with van der Waals surface area (Å²) in [6.45, 7) is 0. The van der Waals surface area contributed by atoms with E-state index in [1.165, 1.54) is 32.4 Å². The Morgan fingerprint density at radius 2 is 2.00 bits per heavy atom. The molecule has 0 saturated heterocycles. The molecular weight excluding hydrogens is 316 g/mol. The second-order valence-electron chi connectivity index (χ2n) is 4.48. The third kappa shape index (κ3) is 4.29. The second kappa shape index (κ2) is 7.73. The largest absolute Gasteiger partial charge is 0.493 e. The maximum atomic E-state index is 11.1. The van der Waals surface area contributed by atoms with Crippen LogP contribution in [0.15, 0.2) is 42.6 Å². The first-order chi connectivity index (χ1) is 11.5. The molecule has 24 heavy (non-hydrogen) atoms. The molecule has 8 heteroatoms. The Balaban J connectivity index is 2.19. The number of ether oxygens (including phenoxy) is 3. The Hall–Kier alpha value is -3.42. The summed E-state index contributed by atoms with van der Waals surface area (Å²) >= 11 is 0. The van der Waals surface area contributed by atoms with Crippen LogP contribution in [0.1, 0.15) is 5.56 Å². The number of hydrogen-bond acceptors (Lipinski definition) is 7. The van der Waals surface area contributed by atoms with E-state index in [0.29, 0.717) is 17.1 Å². The third-order valence-corrected chi connectivity index (χ3v) is 2.95. The zero-order chi connectivity index (χ0) is 17.5. The lowest BCUT2D eigenvalue weighted by molar-refractivity contribution is -0.385. The molecule has 0 aliphatic carbocycles. The van der Waals surface area contributed by atoms with Gasteiger partial charge in [-0.25, -0.2) is 9.78 Å². The number of aromatic nitrogens is 1. The fraction of sp³-hybridized carbons (Fsp3) is 0.125. The molecular formula is C16H14N2O6. The number of esters is 1. The van der Waals surface area contributed by atoms with Crippen LogP contribution < -0.4 is 9.47 Å². The van der Waals surface area contributed by atoms with E-state index >= 15 is 0 Å². The van der Waals surface area contributed by atoms with Gasteiger partial charge in [-0.05, 0) is 23.8 Å². The molecule has 0 fully saturated rings. The minimum atomic E-state index is -0.542. The molecule has 0 bridgehead atoms. The minimum absolute atomic E-state index is 0.127. The van der Waals surface area contributed by atoms with Gasteiger partial charge >= 0.3 is 5.97 Å². The number of pyridine rings is 1. The van der Waals surface area contributed by atoms with Crippen LogP contribution in [0.5, 0.6) is 17.4 Å². The number of benzene rings is 1. The van der Waals surface area contributed by atoms with E-state index in [0.717, 1.165) is 6.20 Å². The zero-order valence-corrected chi connectivity index (χ0v) is 13.0. The molecule has 0 atom stereocenters. The maximum Gasteiger partial charge on any atom is 0.330 e. The number of methoxy groups -OCH3 is 2. The van der Waals surface area contributed by atoms with Crippen molar-refractivity contribution in [1.29, 1.82) is 0 Å². The van der Waals surface area contributed by atoms with Gasteiger partial charge in [0.15, 0.2) is 11.5 Å². The summed E-state index contributed by atoms with van der Waals surface area (Å²) in [5.74, 6) is 0.525. The van der Waals surface area contributed by atoms with Gasteiger partial charge in [0.2, 0.25) is 5.88 Å². The van der Waals surface area contributed by atoms with Gasteiger partial charge in [0.1, 0.15) is 6.20 Å². The molecule has 1 aromatic heterocycles. The van der Waals surface area contributed by atoms with E-state index in [1.54, 1.807) is 24.3 Å². The molecule has 0 radical (unpaired) electrons. The Labute approximate surface area is 137 Å². The smallest absolute Gasteiger partial charge is 0.330 e. The van der Waals surface area contributed by atoms with Crippen LogP contribution >= 0.6 is 0 Å². The van der Waals surface area contributed by atoms with Gasteiger partial charge in [0.05, 0.1) is 19.1 Å². The summed E-state index contributed by atoms with van der Waals surface area (Å²) < 4.78 is 15.3. The monoisotopic (exact) mass is 330 g/mol. The molecule has 0 N–H and O–H groups in total. The van der Waals surface area contributed by atoms with Crippen LogP contribution in [0.3, 0.4) is 0 Å². The van der Waals surface area contributed by atoms with Gasteiger partial charge in [-0.15, -0.1) is 0 Å². The first kappa shape index (κ1) is 16.9. The predicted molar refractivity (Wildman–Crippen MR) is 85.0 cm³/mol. The second-order valence-corrected chi connectivity index (χ2v) is 4.48. The molecule has 1 heterocycles. The van der Waals surface area contributed by atoms with Crippen LogP contribution in [0.25, 0.3) is 6.08 Å². The van der Waals surface area contributed by atoms with Gasteiger partial charge in [-0.1, -0.05) is 6.07 Å². The lowest BCUT2D eigenvalue weighted by Crippen LogP contribution is -1.95. The number of carbonyl (C=O) groups excluding carboxylic acids is 1. The summed E-state index contributed by atoms with van der Waals surface area (Å²) in [6.07, 6.45) is 3.96. The molecule has 0 saturated carbocycles. The predicted octanol–water partition coefficient (Wildman–Crippen LogP) is 2.98. The third-order valence-electron chi connectivity index (χ3n) is 2.95. The van der Waals surface area contributed by atoms with Crippen molar-refractivity contribution in [3.8, 4) is 17.4 Å². The van der Waals surface area contributed by atoms with Crippen molar-refractivity contribution in [3.63, 3.8) is 0 Å².